The molecule has 0 aromatic heterocycles. The summed E-state index contributed by atoms with van der Waals surface area (Å²) >= 11 is 0. The Labute approximate surface area is 95.4 Å². The molecule has 1 rings (SSSR count). The maximum atomic E-state index is 11.7. The maximum absolute atomic E-state index is 11.7. The number of amides is 1. The highest BCUT2D eigenvalue weighted by Crippen LogP contribution is 2.32. The first-order valence-electron chi connectivity index (χ1n) is 5.83. The molecule has 1 aliphatic rings. The molecule has 0 aromatic rings. The molecule has 0 bridgehead atoms. The SMILES string of the molecule is CCCCC(N)C(=O)NC1(C(=O)O)CCC1. The highest BCUT2D eigenvalue weighted by atomic mass is 16.4. The van der Waals surface area contributed by atoms with Gasteiger partial charge in [-0.1, -0.05) is 19.8 Å². The molecule has 5 nitrogen and oxygen atoms in total. The van der Waals surface area contributed by atoms with E-state index >= 15 is 0 Å². The number of rotatable bonds is 6. The predicted octanol–water partition coefficient (Wildman–Crippen LogP) is 0.627. The molecule has 0 heterocycles. The molecule has 1 unspecified atom stereocenters. The molecule has 0 aliphatic heterocycles. The molecule has 4 N–H and O–H groups in total. The number of unbranched alkanes of at least 4 members (excludes halogenated alkanes) is 1. The Hall–Kier alpha value is -1.10. The van der Waals surface area contributed by atoms with E-state index < -0.39 is 17.6 Å². The topological polar surface area (TPSA) is 92.4 Å². The smallest absolute Gasteiger partial charge is 0.329 e. The van der Waals surface area contributed by atoms with E-state index in [4.69, 9.17) is 10.8 Å². The third kappa shape index (κ3) is 2.72. The van der Waals surface area contributed by atoms with Gasteiger partial charge in [0, 0.05) is 0 Å². The van der Waals surface area contributed by atoms with Gasteiger partial charge >= 0.3 is 5.97 Å². The highest BCUT2D eigenvalue weighted by Gasteiger charge is 2.46. The Bertz CT molecular complexity index is 274. The van der Waals surface area contributed by atoms with Crippen LogP contribution >= 0.6 is 0 Å². The van der Waals surface area contributed by atoms with E-state index in [1.54, 1.807) is 0 Å². The van der Waals surface area contributed by atoms with E-state index in [0.717, 1.165) is 19.3 Å². The van der Waals surface area contributed by atoms with Crippen molar-refractivity contribution in [1.82, 2.24) is 5.32 Å². The van der Waals surface area contributed by atoms with Crippen LogP contribution in [0, 0.1) is 0 Å². The summed E-state index contributed by atoms with van der Waals surface area (Å²) < 4.78 is 0. The number of nitrogens with one attached hydrogen (secondary N) is 1. The number of carbonyl (C=O) groups is 2. The van der Waals surface area contributed by atoms with Crippen molar-refractivity contribution < 1.29 is 14.7 Å². The third-order valence-electron chi connectivity index (χ3n) is 3.18. The van der Waals surface area contributed by atoms with Gasteiger partial charge in [-0.3, -0.25) is 4.79 Å². The Morgan fingerprint density at radius 3 is 2.50 bits per heavy atom. The molecule has 0 spiro atoms. The van der Waals surface area contributed by atoms with E-state index in [1.165, 1.54) is 0 Å². The fourth-order valence-electron chi connectivity index (χ4n) is 1.81. The number of nitrogens with two attached hydrogens (primary N) is 1. The lowest BCUT2D eigenvalue weighted by atomic mass is 9.76. The minimum atomic E-state index is -1.04. The molecule has 1 saturated carbocycles. The summed E-state index contributed by atoms with van der Waals surface area (Å²) in [6, 6.07) is -0.586. The first-order valence-corrected chi connectivity index (χ1v) is 5.83. The van der Waals surface area contributed by atoms with Crippen molar-refractivity contribution in [3.8, 4) is 0 Å². The van der Waals surface area contributed by atoms with Gasteiger partial charge in [0.05, 0.1) is 6.04 Å². The summed E-state index contributed by atoms with van der Waals surface area (Å²) in [5.41, 5.74) is 4.64. The number of aliphatic carboxylic acids is 1. The number of carbonyl (C=O) groups excluding carboxylic acids is 1. The quantitative estimate of drug-likeness (QED) is 0.621. The fraction of sp³-hybridized carbons (Fsp3) is 0.818. The molecule has 1 fully saturated rings. The molecule has 1 aliphatic carbocycles. The molecule has 0 aromatic carbocycles. The van der Waals surface area contributed by atoms with Crippen molar-refractivity contribution in [1.29, 1.82) is 0 Å². The minimum Gasteiger partial charge on any atom is -0.480 e. The van der Waals surface area contributed by atoms with Crippen LogP contribution in [0.25, 0.3) is 0 Å². The van der Waals surface area contributed by atoms with Crippen molar-refractivity contribution in [2.75, 3.05) is 0 Å². The third-order valence-corrected chi connectivity index (χ3v) is 3.18. The van der Waals surface area contributed by atoms with E-state index in [9.17, 15) is 9.59 Å². The molecular weight excluding hydrogens is 208 g/mol. The second-order valence-electron chi connectivity index (χ2n) is 4.48. The predicted molar refractivity (Wildman–Crippen MR) is 59.9 cm³/mol. The largest absolute Gasteiger partial charge is 0.480 e. The molecular formula is C11H20N2O3. The Kier molecular flexibility index (Phi) is 4.29. The van der Waals surface area contributed by atoms with Gasteiger partial charge in [0.1, 0.15) is 5.54 Å². The van der Waals surface area contributed by atoms with E-state index in [1.807, 2.05) is 6.92 Å². The number of hydrogen-bond donors (Lipinski definition) is 3. The van der Waals surface area contributed by atoms with Crippen LogP contribution in [0.15, 0.2) is 0 Å². The summed E-state index contributed by atoms with van der Waals surface area (Å²) in [4.78, 5) is 22.7. The second kappa shape index (κ2) is 5.30. The van der Waals surface area contributed by atoms with Crippen LogP contribution in [0.1, 0.15) is 45.4 Å². The summed E-state index contributed by atoms with van der Waals surface area (Å²) in [7, 11) is 0. The van der Waals surface area contributed by atoms with Crippen LogP contribution in [0.3, 0.4) is 0 Å². The Morgan fingerprint density at radius 1 is 1.50 bits per heavy atom. The van der Waals surface area contributed by atoms with Crippen LogP contribution in [-0.4, -0.2) is 28.6 Å². The van der Waals surface area contributed by atoms with Crippen LogP contribution in [0.2, 0.25) is 0 Å². The molecule has 0 saturated heterocycles. The monoisotopic (exact) mass is 228 g/mol. The lowest BCUT2D eigenvalue weighted by Gasteiger charge is -2.38. The zero-order chi connectivity index (χ0) is 12.2. The van der Waals surface area contributed by atoms with Crippen molar-refractivity contribution >= 4 is 11.9 Å². The molecule has 16 heavy (non-hydrogen) atoms. The van der Waals surface area contributed by atoms with Gasteiger partial charge in [-0.15, -0.1) is 0 Å². The van der Waals surface area contributed by atoms with Gasteiger partial charge in [0.25, 0.3) is 0 Å². The van der Waals surface area contributed by atoms with Crippen LogP contribution in [0.5, 0.6) is 0 Å². The summed E-state index contributed by atoms with van der Waals surface area (Å²) in [6.45, 7) is 2.02. The number of hydrogen-bond acceptors (Lipinski definition) is 3. The first-order chi connectivity index (χ1) is 7.52. The zero-order valence-corrected chi connectivity index (χ0v) is 9.66. The average molecular weight is 228 g/mol. The molecule has 1 atom stereocenters. The minimum absolute atomic E-state index is 0.337. The standard InChI is InChI=1S/C11H20N2O3/c1-2-3-5-8(12)9(14)13-11(10(15)16)6-4-7-11/h8H,2-7,12H2,1H3,(H,13,14)(H,15,16). The van der Waals surface area contributed by atoms with Gasteiger partial charge in [-0.2, -0.15) is 0 Å². The summed E-state index contributed by atoms with van der Waals surface area (Å²) in [5.74, 6) is -1.29. The Balaban J connectivity index is 2.46. The van der Waals surface area contributed by atoms with Gasteiger partial charge in [-0.25, -0.2) is 4.79 Å². The fourth-order valence-corrected chi connectivity index (χ4v) is 1.81. The van der Waals surface area contributed by atoms with Crippen molar-refractivity contribution in [3.63, 3.8) is 0 Å². The zero-order valence-electron chi connectivity index (χ0n) is 9.66. The lowest BCUT2D eigenvalue weighted by molar-refractivity contribution is -0.152. The average Bonchev–Trinajstić information content (AvgIpc) is 2.18. The van der Waals surface area contributed by atoms with Crippen LogP contribution < -0.4 is 11.1 Å². The second-order valence-corrected chi connectivity index (χ2v) is 4.48. The number of carboxylic acids is 1. The van der Waals surface area contributed by atoms with Gasteiger partial charge in [0.15, 0.2) is 0 Å². The van der Waals surface area contributed by atoms with Crippen molar-refractivity contribution in [2.45, 2.75) is 57.0 Å². The van der Waals surface area contributed by atoms with E-state index in [-0.39, 0.29) is 5.91 Å². The molecule has 0 radical (unpaired) electrons. The van der Waals surface area contributed by atoms with Crippen LogP contribution in [-0.2, 0) is 9.59 Å². The first kappa shape index (κ1) is 13.0. The van der Waals surface area contributed by atoms with E-state index in [2.05, 4.69) is 5.32 Å². The number of carboxylic acid groups (broad SMARTS) is 1. The summed E-state index contributed by atoms with van der Waals surface area (Å²) in [6.07, 6.45) is 4.33. The van der Waals surface area contributed by atoms with E-state index in [0.29, 0.717) is 19.3 Å². The molecule has 92 valence electrons. The van der Waals surface area contributed by atoms with Crippen molar-refractivity contribution in [2.24, 2.45) is 5.73 Å². The summed E-state index contributed by atoms with van der Waals surface area (Å²) in [5, 5.41) is 11.6. The molecule has 1 amide bonds. The highest BCUT2D eigenvalue weighted by molar-refractivity contribution is 5.90. The van der Waals surface area contributed by atoms with Gasteiger partial charge in [0.2, 0.25) is 5.91 Å². The maximum Gasteiger partial charge on any atom is 0.329 e. The normalized spacial score (nSPS) is 19.6. The Morgan fingerprint density at radius 2 is 2.12 bits per heavy atom. The van der Waals surface area contributed by atoms with Gasteiger partial charge < -0.3 is 16.2 Å². The van der Waals surface area contributed by atoms with Gasteiger partial charge in [-0.05, 0) is 25.7 Å². The van der Waals surface area contributed by atoms with Crippen LogP contribution in [0.4, 0.5) is 0 Å². The molecule has 5 heteroatoms. The van der Waals surface area contributed by atoms with Crippen molar-refractivity contribution in [3.05, 3.63) is 0 Å². The lowest BCUT2D eigenvalue weighted by Crippen LogP contribution is -2.61.